The van der Waals surface area contributed by atoms with Gasteiger partial charge in [0.25, 0.3) is 0 Å². The minimum absolute atomic E-state index is 0.00604. The van der Waals surface area contributed by atoms with Crippen molar-refractivity contribution < 1.29 is 28.6 Å². The summed E-state index contributed by atoms with van der Waals surface area (Å²) < 4.78 is 16.8. The van der Waals surface area contributed by atoms with Gasteiger partial charge in [0, 0.05) is 6.42 Å². The molecule has 0 fully saturated rings. The van der Waals surface area contributed by atoms with Crippen molar-refractivity contribution in [2.75, 3.05) is 18.4 Å². The van der Waals surface area contributed by atoms with Crippen LogP contribution in [0.2, 0.25) is 0 Å². The molecule has 0 aromatic carbocycles. The Morgan fingerprint density at radius 1 is 0.333 bits per heavy atom. The molecule has 0 amide bonds. The fourth-order valence-electron chi connectivity index (χ4n) is 8.35. The quantitative estimate of drug-likeness (QED) is 0.0262. The van der Waals surface area contributed by atoms with E-state index in [0.717, 1.165) is 89.9 Å². The lowest BCUT2D eigenvalue weighted by molar-refractivity contribution is -0.147. The second-order valence-electron chi connectivity index (χ2n) is 18.0. The SMILES string of the molecule is CCCCCCCCCCCCCC(CCCCCCCCCCOC(=O)CCCCCCCCCC(CCCCCCCCCCCCC)OC(=O)CCl)OC(=O)CCl. The highest BCUT2D eigenvalue weighted by atomic mass is 35.5. The number of hydrogen-bond donors (Lipinski definition) is 0. The van der Waals surface area contributed by atoms with E-state index in [1.165, 1.54) is 173 Å². The van der Waals surface area contributed by atoms with Gasteiger partial charge in [0.1, 0.15) is 24.0 Å². The molecule has 0 heterocycles. The van der Waals surface area contributed by atoms with Gasteiger partial charge in [-0.15, -0.1) is 23.2 Å². The lowest BCUT2D eigenvalue weighted by Gasteiger charge is -2.17. The van der Waals surface area contributed by atoms with Gasteiger partial charge < -0.3 is 14.2 Å². The van der Waals surface area contributed by atoms with Crippen LogP contribution in [0.5, 0.6) is 0 Å². The minimum atomic E-state index is -0.290. The van der Waals surface area contributed by atoms with E-state index < -0.39 is 0 Å². The van der Waals surface area contributed by atoms with Crippen LogP contribution >= 0.6 is 23.2 Å². The molecular weight excluding hydrogens is 791 g/mol. The zero-order valence-corrected chi connectivity index (χ0v) is 41.2. The smallest absolute Gasteiger partial charge is 0.321 e. The van der Waals surface area contributed by atoms with Crippen LogP contribution in [0.25, 0.3) is 0 Å². The maximum Gasteiger partial charge on any atom is 0.321 e. The van der Waals surface area contributed by atoms with E-state index in [1.54, 1.807) is 0 Å². The summed E-state index contributed by atoms with van der Waals surface area (Å²) in [4.78, 5) is 35.9. The molecule has 2 atom stereocenters. The summed E-state index contributed by atoms with van der Waals surface area (Å²) in [6.45, 7) is 5.08. The Labute approximate surface area is 382 Å². The first-order valence-electron chi connectivity index (χ1n) is 26.1. The van der Waals surface area contributed by atoms with Gasteiger partial charge >= 0.3 is 17.9 Å². The average molecular weight is 890 g/mol. The van der Waals surface area contributed by atoms with Crippen molar-refractivity contribution in [2.45, 2.75) is 296 Å². The molecule has 0 spiro atoms. The summed E-state index contributed by atoms with van der Waals surface area (Å²) in [7, 11) is 0. The number of halogens is 2. The number of unbranched alkanes of at least 4 members (excludes halogenated alkanes) is 33. The Balaban J connectivity index is 3.73. The van der Waals surface area contributed by atoms with Crippen LogP contribution in [0, 0.1) is 0 Å². The molecule has 0 saturated carbocycles. The van der Waals surface area contributed by atoms with Gasteiger partial charge in [-0.1, -0.05) is 213 Å². The van der Waals surface area contributed by atoms with Gasteiger partial charge in [0.15, 0.2) is 0 Å². The van der Waals surface area contributed by atoms with E-state index in [9.17, 15) is 14.4 Å². The molecule has 356 valence electrons. The number of carbonyl (C=O) groups is 3. The van der Waals surface area contributed by atoms with Crippen molar-refractivity contribution in [2.24, 2.45) is 0 Å². The molecule has 0 radical (unpaired) electrons. The number of esters is 3. The van der Waals surface area contributed by atoms with Crippen LogP contribution in [-0.4, -0.2) is 48.5 Å². The average Bonchev–Trinajstić information content (AvgIpc) is 3.25. The van der Waals surface area contributed by atoms with Crippen LogP contribution in [0.15, 0.2) is 0 Å². The summed E-state index contributed by atoms with van der Waals surface area (Å²) in [6.07, 6.45) is 50.4. The van der Waals surface area contributed by atoms with E-state index >= 15 is 0 Å². The summed E-state index contributed by atoms with van der Waals surface area (Å²) in [6, 6.07) is 0. The first kappa shape index (κ1) is 59.0. The van der Waals surface area contributed by atoms with E-state index in [4.69, 9.17) is 37.4 Å². The highest BCUT2D eigenvalue weighted by molar-refractivity contribution is 6.26. The molecule has 60 heavy (non-hydrogen) atoms. The van der Waals surface area contributed by atoms with E-state index in [2.05, 4.69) is 13.8 Å². The van der Waals surface area contributed by atoms with Crippen molar-refractivity contribution in [3.63, 3.8) is 0 Å². The second kappa shape index (κ2) is 49.0. The fraction of sp³-hybridized carbons (Fsp3) is 0.942. The predicted octanol–water partition coefficient (Wildman–Crippen LogP) is 17.3. The first-order valence-corrected chi connectivity index (χ1v) is 27.2. The van der Waals surface area contributed by atoms with Crippen LogP contribution in [-0.2, 0) is 28.6 Å². The molecule has 0 aromatic rings. The van der Waals surface area contributed by atoms with E-state index in [0.29, 0.717) is 13.0 Å². The van der Waals surface area contributed by atoms with E-state index in [1.807, 2.05) is 0 Å². The van der Waals surface area contributed by atoms with Gasteiger partial charge in [-0.3, -0.25) is 14.4 Å². The number of rotatable bonds is 49. The lowest BCUT2D eigenvalue weighted by Crippen LogP contribution is -2.19. The zero-order chi connectivity index (χ0) is 43.8. The fourth-order valence-corrected chi connectivity index (χ4v) is 8.48. The van der Waals surface area contributed by atoms with E-state index in [-0.39, 0.29) is 41.9 Å². The Morgan fingerprint density at radius 3 is 0.867 bits per heavy atom. The van der Waals surface area contributed by atoms with Gasteiger partial charge in [-0.05, 0) is 64.2 Å². The molecule has 0 rings (SSSR count). The molecule has 6 nitrogen and oxygen atoms in total. The Bertz CT molecular complexity index is 917. The minimum Gasteiger partial charge on any atom is -0.466 e. The summed E-state index contributed by atoms with van der Waals surface area (Å²) in [5, 5.41) is 0. The van der Waals surface area contributed by atoms with Gasteiger partial charge in [0.2, 0.25) is 0 Å². The molecule has 0 N–H and O–H groups in total. The van der Waals surface area contributed by atoms with Crippen LogP contribution in [0.3, 0.4) is 0 Å². The van der Waals surface area contributed by atoms with Crippen molar-refractivity contribution in [1.29, 1.82) is 0 Å². The van der Waals surface area contributed by atoms with Crippen molar-refractivity contribution >= 4 is 41.1 Å². The molecule has 0 bridgehead atoms. The molecule has 0 aromatic heterocycles. The van der Waals surface area contributed by atoms with Gasteiger partial charge in [0.05, 0.1) is 6.61 Å². The third-order valence-corrected chi connectivity index (χ3v) is 12.6. The molecule has 0 aliphatic rings. The Morgan fingerprint density at radius 2 is 0.583 bits per heavy atom. The van der Waals surface area contributed by atoms with Crippen LogP contribution in [0.4, 0.5) is 0 Å². The van der Waals surface area contributed by atoms with Gasteiger partial charge in [-0.2, -0.15) is 0 Å². The van der Waals surface area contributed by atoms with Crippen LogP contribution < -0.4 is 0 Å². The molecular formula is C52H98Cl2O6. The van der Waals surface area contributed by atoms with Gasteiger partial charge in [-0.25, -0.2) is 0 Å². The molecule has 2 unspecified atom stereocenters. The normalized spacial score (nSPS) is 12.4. The first-order chi connectivity index (χ1) is 29.5. The Kier molecular flexibility index (Phi) is 48.2. The maximum absolute atomic E-state index is 12.2. The second-order valence-corrected chi connectivity index (χ2v) is 18.5. The van der Waals surface area contributed by atoms with Crippen molar-refractivity contribution in [1.82, 2.24) is 0 Å². The number of carbonyl (C=O) groups excluding carboxylic acids is 3. The third-order valence-electron chi connectivity index (χ3n) is 12.2. The summed E-state index contributed by atoms with van der Waals surface area (Å²) >= 11 is 11.5. The maximum atomic E-state index is 12.2. The van der Waals surface area contributed by atoms with Crippen molar-refractivity contribution in [3.8, 4) is 0 Å². The molecule has 0 aliphatic carbocycles. The third kappa shape index (κ3) is 45.0. The standard InChI is InChI=1S/C52H98Cl2O6/c1-3-5-7-9-11-13-15-17-22-28-34-40-48(59-51(56)46-53)42-36-30-24-19-20-27-33-39-45-58-50(55)44-38-32-26-21-25-31-37-43-49(60-52(57)47-54)41-35-29-23-18-16-14-12-10-8-6-4-2/h48-49H,3-47H2,1-2H3. The summed E-state index contributed by atoms with van der Waals surface area (Å²) in [5.41, 5.74) is 0. The predicted molar refractivity (Wildman–Crippen MR) is 257 cm³/mol. The highest BCUT2D eigenvalue weighted by Gasteiger charge is 2.15. The number of alkyl halides is 2. The largest absolute Gasteiger partial charge is 0.466 e. The molecule has 0 saturated heterocycles. The van der Waals surface area contributed by atoms with Crippen molar-refractivity contribution in [3.05, 3.63) is 0 Å². The lowest BCUT2D eigenvalue weighted by atomic mass is 10.0. The Hall–Kier alpha value is -1.01. The monoisotopic (exact) mass is 889 g/mol. The summed E-state index contributed by atoms with van der Waals surface area (Å²) in [5.74, 6) is -0.752. The number of ether oxygens (including phenoxy) is 3. The molecule has 0 aliphatic heterocycles. The van der Waals surface area contributed by atoms with Crippen LogP contribution in [0.1, 0.15) is 284 Å². The zero-order valence-electron chi connectivity index (χ0n) is 39.7. The highest BCUT2D eigenvalue weighted by Crippen LogP contribution is 2.20. The topological polar surface area (TPSA) is 78.9 Å². The molecule has 8 heteroatoms. The number of hydrogen-bond acceptors (Lipinski definition) is 6.